The van der Waals surface area contributed by atoms with E-state index < -0.39 is 62.2 Å². The van der Waals surface area contributed by atoms with Crippen LogP contribution in [0.25, 0.3) is 0 Å². The maximum absolute atomic E-state index is 13.6. The first-order valence-corrected chi connectivity index (χ1v) is 13.6. The van der Waals surface area contributed by atoms with E-state index in [0.29, 0.717) is 0 Å². The molecule has 0 radical (unpaired) electrons. The number of nitrogens with zero attached hydrogens (tertiary/aromatic N) is 2. The highest BCUT2D eigenvalue weighted by Gasteiger charge is 2.54. The Morgan fingerprint density at radius 2 is 2.00 bits per heavy atom. The summed E-state index contributed by atoms with van der Waals surface area (Å²) in [6, 6.07) is 7.02. The zero-order chi connectivity index (χ0) is 27.5. The van der Waals surface area contributed by atoms with E-state index in [4.69, 9.17) is 24.3 Å². The summed E-state index contributed by atoms with van der Waals surface area (Å²) in [5.41, 5.74) is 2.83. The first-order valence-electron chi connectivity index (χ1n) is 11.3. The van der Waals surface area contributed by atoms with Gasteiger partial charge in [-0.3, -0.25) is 13.9 Å². The van der Waals surface area contributed by atoms with E-state index in [0.717, 1.165) is 4.57 Å². The van der Waals surface area contributed by atoms with E-state index in [1.54, 1.807) is 32.0 Å². The summed E-state index contributed by atoms with van der Waals surface area (Å²) in [6.45, 7) is 5.48. The molecule has 0 amide bonds. The van der Waals surface area contributed by atoms with Crippen molar-refractivity contribution < 1.29 is 38.1 Å². The second kappa shape index (κ2) is 11.6. The second-order valence-corrected chi connectivity index (χ2v) is 11.4. The van der Waals surface area contributed by atoms with Crippen molar-refractivity contribution in [3.63, 3.8) is 0 Å². The van der Waals surface area contributed by atoms with Crippen LogP contribution in [0.1, 0.15) is 33.9 Å². The molecule has 37 heavy (non-hydrogen) atoms. The van der Waals surface area contributed by atoms with E-state index in [2.05, 4.69) is 26.0 Å². The number of anilines is 1. The number of aliphatic hydroxyl groups is 2. The topological polar surface area (TPSA) is 184 Å². The number of halogens is 1. The van der Waals surface area contributed by atoms with Crippen LogP contribution in [0, 0.1) is 0 Å². The molecule has 2 heterocycles. The molecule has 0 saturated carbocycles. The number of para-hydroxylation sites is 1. The normalized spacial score (nSPS) is 26.0. The number of benzene rings is 1. The van der Waals surface area contributed by atoms with Crippen LogP contribution >= 0.6 is 23.7 Å². The zero-order valence-corrected chi connectivity index (χ0v) is 23.1. The molecule has 1 fully saturated rings. The molecule has 13 nitrogen and oxygen atoms in total. The van der Waals surface area contributed by atoms with Crippen LogP contribution in [0.15, 0.2) is 45.8 Å². The molecule has 1 aromatic heterocycles. The smallest absolute Gasteiger partial charge is 0.459 e. The number of hydrogen-bond donors (Lipinski definition) is 4. The molecule has 1 aliphatic rings. The number of hydrogen-bond acceptors (Lipinski definition) is 11. The third kappa shape index (κ3) is 6.96. The molecule has 0 spiro atoms. The van der Waals surface area contributed by atoms with Crippen molar-refractivity contribution in [2.75, 3.05) is 12.3 Å². The lowest BCUT2D eigenvalue weighted by Gasteiger charge is -2.27. The van der Waals surface area contributed by atoms with Gasteiger partial charge in [-0.05, 0) is 55.8 Å². The van der Waals surface area contributed by atoms with Gasteiger partial charge in [-0.15, -0.1) is 0 Å². The fourth-order valence-electron chi connectivity index (χ4n) is 3.51. The monoisotopic (exact) mass is 604 g/mol. The number of aromatic nitrogens is 2. The highest BCUT2D eigenvalue weighted by molar-refractivity contribution is 9.10. The number of esters is 1. The molecule has 2 aromatic rings. The Kier molecular flexibility index (Phi) is 9.17. The fraction of sp³-hybridized carbons (Fsp3) is 0.500. The Bertz CT molecular complexity index is 1210. The first-order chi connectivity index (χ1) is 17.2. The van der Waals surface area contributed by atoms with E-state index in [1.807, 2.05) is 0 Å². The van der Waals surface area contributed by atoms with Crippen LogP contribution in [0.3, 0.4) is 0 Å². The zero-order valence-electron chi connectivity index (χ0n) is 20.6. The molecule has 1 aliphatic heterocycles. The van der Waals surface area contributed by atoms with Gasteiger partial charge in [0.15, 0.2) is 6.23 Å². The van der Waals surface area contributed by atoms with Crippen LogP contribution in [-0.4, -0.2) is 62.3 Å². The van der Waals surface area contributed by atoms with Gasteiger partial charge in [-0.2, -0.15) is 10.1 Å². The van der Waals surface area contributed by atoms with Gasteiger partial charge in [0.2, 0.25) is 0 Å². The maximum atomic E-state index is 13.6. The van der Waals surface area contributed by atoms with E-state index in [1.165, 1.54) is 32.2 Å². The lowest BCUT2D eigenvalue weighted by atomic mass is 9.96. The molecule has 1 unspecified atom stereocenters. The predicted molar refractivity (Wildman–Crippen MR) is 136 cm³/mol. The van der Waals surface area contributed by atoms with Crippen molar-refractivity contribution in [3.05, 3.63) is 51.5 Å². The molecular formula is C22H30BrN4O9P. The Balaban J connectivity index is 1.81. The quantitative estimate of drug-likeness (QED) is 0.228. The molecule has 0 aliphatic carbocycles. The molecule has 5 N–H and O–H groups in total. The Morgan fingerprint density at radius 1 is 1.35 bits per heavy atom. The number of aliphatic hydroxyl groups excluding tert-OH is 1. The SMILES string of the molecule is CC(C)OC(=O)[C@@H](C)NP(=O)(OC[C@H]1O[C@@H](n2cc(Br)c(N)nc2=O)[C@](C)(O)[C@@H]1O)Oc1ccccc1. The Labute approximate surface area is 221 Å². The Morgan fingerprint density at radius 3 is 2.62 bits per heavy atom. The average Bonchev–Trinajstić information content (AvgIpc) is 3.03. The molecule has 6 atom stereocenters. The number of nitrogen functional groups attached to an aromatic ring is 1. The molecule has 1 saturated heterocycles. The van der Waals surface area contributed by atoms with Gasteiger partial charge >= 0.3 is 19.4 Å². The highest BCUT2D eigenvalue weighted by atomic mass is 79.9. The lowest BCUT2D eigenvalue weighted by molar-refractivity contribution is -0.149. The van der Waals surface area contributed by atoms with Crippen LogP contribution in [0.2, 0.25) is 0 Å². The van der Waals surface area contributed by atoms with Gasteiger partial charge in [0.25, 0.3) is 0 Å². The van der Waals surface area contributed by atoms with Crippen molar-refractivity contribution in [1.29, 1.82) is 0 Å². The van der Waals surface area contributed by atoms with Crippen molar-refractivity contribution in [3.8, 4) is 5.75 Å². The molecular weight excluding hydrogens is 575 g/mol. The molecule has 0 bridgehead atoms. The Hall–Kier alpha value is -2.32. The van der Waals surface area contributed by atoms with Crippen molar-refractivity contribution in [1.82, 2.24) is 14.6 Å². The summed E-state index contributed by atoms with van der Waals surface area (Å²) in [5, 5.41) is 24.2. The number of ether oxygens (including phenoxy) is 2. The van der Waals surface area contributed by atoms with Crippen LogP contribution in [-0.2, 0) is 23.4 Å². The van der Waals surface area contributed by atoms with Crippen LogP contribution in [0.5, 0.6) is 5.75 Å². The van der Waals surface area contributed by atoms with Crippen molar-refractivity contribution >= 4 is 35.5 Å². The molecule has 3 rings (SSSR count). The number of rotatable bonds is 10. The minimum absolute atomic E-state index is 0.0606. The minimum atomic E-state index is -4.26. The fourth-order valence-corrected chi connectivity index (χ4v) is 5.32. The molecule has 15 heteroatoms. The standard InChI is InChI=1S/C22H30BrN4O9P/c1-12(2)34-19(29)13(3)26-37(32,36-14-8-6-5-7-9-14)33-11-16-17(28)22(4,31)20(35-16)27-10-15(23)18(24)25-21(27)30/h5-10,12-13,16-17,20,28,31H,11H2,1-4H3,(H,26,32)(H2,24,25,30)/t13-,16-,17-,20-,22-,37?/m1/s1. The number of carbonyl (C=O) groups is 1. The van der Waals surface area contributed by atoms with Crippen LogP contribution in [0.4, 0.5) is 5.82 Å². The summed E-state index contributed by atoms with van der Waals surface area (Å²) in [5.74, 6) is -0.559. The summed E-state index contributed by atoms with van der Waals surface area (Å²) >= 11 is 3.16. The largest absolute Gasteiger partial charge is 0.462 e. The second-order valence-electron chi connectivity index (χ2n) is 8.90. The van der Waals surface area contributed by atoms with Gasteiger partial charge < -0.3 is 29.9 Å². The molecule has 1 aromatic carbocycles. The van der Waals surface area contributed by atoms with E-state index in [-0.39, 0.29) is 16.0 Å². The number of nitrogens with two attached hydrogens (primary N) is 1. The first kappa shape index (κ1) is 29.2. The van der Waals surface area contributed by atoms with Crippen molar-refractivity contribution in [2.45, 2.75) is 63.9 Å². The summed E-state index contributed by atoms with van der Waals surface area (Å²) < 4.78 is 36.9. The van der Waals surface area contributed by atoms with Gasteiger partial charge in [0.1, 0.15) is 35.4 Å². The van der Waals surface area contributed by atoms with E-state index in [9.17, 15) is 24.4 Å². The third-order valence-electron chi connectivity index (χ3n) is 5.38. The summed E-state index contributed by atoms with van der Waals surface area (Å²) in [6.07, 6.45) is -3.34. The van der Waals surface area contributed by atoms with Crippen molar-refractivity contribution in [2.24, 2.45) is 0 Å². The van der Waals surface area contributed by atoms with Crippen LogP contribution < -0.4 is 21.0 Å². The molecule has 204 valence electrons. The number of nitrogens with one attached hydrogen (secondary N) is 1. The minimum Gasteiger partial charge on any atom is -0.462 e. The maximum Gasteiger partial charge on any atom is 0.459 e. The summed E-state index contributed by atoms with van der Waals surface area (Å²) in [4.78, 5) is 28.3. The van der Waals surface area contributed by atoms with Gasteiger partial charge in [-0.25, -0.2) is 9.36 Å². The summed E-state index contributed by atoms with van der Waals surface area (Å²) in [7, 11) is -4.26. The lowest BCUT2D eigenvalue weighted by Crippen LogP contribution is -2.46. The van der Waals surface area contributed by atoms with Gasteiger partial charge in [-0.1, -0.05) is 18.2 Å². The number of carbonyl (C=O) groups excluding carboxylic acids is 1. The third-order valence-corrected chi connectivity index (χ3v) is 7.63. The predicted octanol–water partition coefficient (Wildman–Crippen LogP) is 1.73. The average molecular weight is 605 g/mol. The van der Waals surface area contributed by atoms with Gasteiger partial charge in [0.05, 0.1) is 17.2 Å². The highest BCUT2D eigenvalue weighted by Crippen LogP contribution is 2.47. The van der Waals surface area contributed by atoms with Gasteiger partial charge in [0, 0.05) is 6.20 Å². The van der Waals surface area contributed by atoms with E-state index >= 15 is 0 Å².